The van der Waals surface area contributed by atoms with Gasteiger partial charge in [0.05, 0.1) is 11.3 Å². The number of amides is 2. The normalized spacial score (nSPS) is 17.3. The van der Waals surface area contributed by atoms with Crippen molar-refractivity contribution in [3.05, 3.63) is 28.8 Å². The van der Waals surface area contributed by atoms with Crippen molar-refractivity contribution in [3.8, 4) is 6.07 Å². The fraction of sp³-hybridized carbons (Fsp3) is 0.412. The molecule has 1 aromatic rings. The van der Waals surface area contributed by atoms with Crippen LogP contribution in [0.3, 0.4) is 0 Å². The van der Waals surface area contributed by atoms with E-state index in [-0.39, 0.29) is 18.2 Å². The van der Waals surface area contributed by atoms with Gasteiger partial charge in [0, 0.05) is 31.5 Å². The number of nitrogens with zero attached hydrogens (tertiary/aromatic N) is 4. The van der Waals surface area contributed by atoms with Crippen LogP contribution in [0.25, 0.3) is 0 Å². The van der Waals surface area contributed by atoms with Gasteiger partial charge >= 0.3 is 0 Å². The van der Waals surface area contributed by atoms with Crippen LogP contribution in [0.2, 0.25) is 5.02 Å². The van der Waals surface area contributed by atoms with Gasteiger partial charge in [-0.3, -0.25) is 9.59 Å². The van der Waals surface area contributed by atoms with Crippen LogP contribution in [-0.4, -0.2) is 36.1 Å². The summed E-state index contributed by atoms with van der Waals surface area (Å²) >= 11 is 6.07. The van der Waals surface area contributed by atoms with Gasteiger partial charge in [-0.25, -0.2) is 5.01 Å². The molecule has 1 aliphatic heterocycles. The van der Waals surface area contributed by atoms with Crippen LogP contribution in [0, 0.1) is 17.2 Å². The number of carbonyl (C=O) groups is 2. The average Bonchev–Trinajstić information content (AvgIpc) is 3.38. The lowest BCUT2D eigenvalue weighted by Gasteiger charge is -2.27. The van der Waals surface area contributed by atoms with Crippen molar-refractivity contribution >= 4 is 34.8 Å². The molecule has 0 bridgehead atoms. The maximum Gasteiger partial charge on any atom is 0.274 e. The third kappa shape index (κ3) is 3.41. The second-order valence-corrected chi connectivity index (χ2v) is 6.53. The molecule has 0 aromatic heterocycles. The van der Waals surface area contributed by atoms with Crippen LogP contribution in [0.5, 0.6) is 0 Å². The quantitative estimate of drug-likeness (QED) is 0.842. The molecule has 6 nitrogen and oxygen atoms in total. The van der Waals surface area contributed by atoms with Crippen LogP contribution in [0.15, 0.2) is 23.3 Å². The summed E-state index contributed by atoms with van der Waals surface area (Å²) < 4.78 is 0. The number of anilines is 1. The first kappa shape index (κ1) is 16.5. The highest BCUT2D eigenvalue weighted by atomic mass is 35.5. The standard InChI is InChI=1S/C17H17ClN4O2/c1-21-16(23)7-6-14(20-21)17(24)22(10-11-2-3-11)15-8-13(18)5-4-12(15)9-19/h4-5,8,11H,2-3,6-7,10H2,1H3. The second-order valence-electron chi connectivity index (χ2n) is 6.10. The monoisotopic (exact) mass is 344 g/mol. The molecular formula is C17H17ClN4O2. The highest BCUT2D eigenvalue weighted by molar-refractivity contribution is 6.44. The molecule has 2 aliphatic rings. The molecular weight excluding hydrogens is 328 g/mol. The summed E-state index contributed by atoms with van der Waals surface area (Å²) in [6.07, 6.45) is 2.71. The predicted octanol–water partition coefficient (Wildman–Crippen LogP) is 2.56. The van der Waals surface area contributed by atoms with Gasteiger partial charge < -0.3 is 4.90 Å². The van der Waals surface area contributed by atoms with Crippen LogP contribution < -0.4 is 4.90 Å². The van der Waals surface area contributed by atoms with Crippen LogP contribution >= 0.6 is 11.6 Å². The lowest BCUT2D eigenvalue weighted by atomic mass is 10.1. The molecule has 0 saturated heterocycles. The summed E-state index contributed by atoms with van der Waals surface area (Å²) in [5.41, 5.74) is 1.24. The van der Waals surface area contributed by atoms with E-state index in [0.29, 0.717) is 40.9 Å². The molecule has 124 valence electrons. The zero-order valence-electron chi connectivity index (χ0n) is 13.3. The maximum absolute atomic E-state index is 13.0. The Bertz CT molecular complexity index is 764. The van der Waals surface area contributed by atoms with Gasteiger partial charge in [0.1, 0.15) is 11.8 Å². The number of rotatable bonds is 4. The zero-order chi connectivity index (χ0) is 17.3. The molecule has 1 heterocycles. The summed E-state index contributed by atoms with van der Waals surface area (Å²) in [4.78, 5) is 26.2. The molecule has 3 rings (SSSR count). The number of halogens is 1. The van der Waals surface area contributed by atoms with Crippen molar-refractivity contribution < 1.29 is 9.59 Å². The molecule has 2 amide bonds. The van der Waals surface area contributed by atoms with E-state index in [0.717, 1.165) is 12.8 Å². The van der Waals surface area contributed by atoms with Gasteiger partial charge in [0.15, 0.2) is 0 Å². The number of carbonyl (C=O) groups excluding carboxylic acids is 2. The van der Waals surface area contributed by atoms with Crippen molar-refractivity contribution in [2.45, 2.75) is 25.7 Å². The summed E-state index contributed by atoms with van der Waals surface area (Å²) in [5.74, 6) is 0.0591. The number of hydrazone groups is 1. The first-order valence-corrected chi connectivity index (χ1v) is 8.23. The van der Waals surface area contributed by atoms with Gasteiger partial charge in [-0.1, -0.05) is 11.6 Å². The van der Waals surface area contributed by atoms with E-state index in [9.17, 15) is 14.9 Å². The van der Waals surface area contributed by atoms with Crippen molar-refractivity contribution in [2.24, 2.45) is 11.0 Å². The summed E-state index contributed by atoms with van der Waals surface area (Å²) in [6.45, 7) is 0.532. The first-order valence-electron chi connectivity index (χ1n) is 7.85. The smallest absolute Gasteiger partial charge is 0.274 e. The topological polar surface area (TPSA) is 76.8 Å². The lowest BCUT2D eigenvalue weighted by molar-refractivity contribution is -0.130. The Hall–Kier alpha value is -2.39. The third-order valence-corrected chi connectivity index (χ3v) is 4.44. The van der Waals surface area contributed by atoms with Crippen molar-refractivity contribution in [3.63, 3.8) is 0 Å². The Balaban J connectivity index is 1.97. The number of nitriles is 1. The van der Waals surface area contributed by atoms with Gasteiger partial charge in [0.2, 0.25) is 5.91 Å². The molecule has 24 heavy (non-hydrogen) atoms. The Morgan fingerprint density at radius 2 is 2.21 bits per heavy atom. The lowest BCUT2D eigenvalue weighted by Crippen LogP contribution is -2.42. The fourth-order valence-corrected chi connectivity index (χ4v) is 2.82. The number of benzene rings is 1. The Morgan fingerprint density at radius 1 is 1.46 bits per heavy atom. The number of hydrogen-bond acceptors (Lipinski definition) is 4. The molecule has 0 radical (unpaired) electrons. The SMILES string of the molecule is CN1N=C(C(=O)N(CC2CC2)c2cc(Cl)ccc2C#N)CCC1=O. The Kier molecular flexibility index (Phi) is 4.54. The molecule has 0 unspecified atom stereocenters. The van der Waals surface area contributed by atoms with E-state index in [1.807, 2.05) is 0 Å². The minimum atomic E-state index is -0.264. The fourth-order valence-electron chi connectivity index (χ4n) is 2.65. The minimum absolute atomic E-state index is 0.110. The summed E-state index contributed by atoms with van der Waals surface area (Å²) in [5, 5.41) is 15.1. The van der Waals surface area contributed by atoms with Crippen LogP contribution in [0.1, 0.15) is 31.2 Å². The molecule has 1 aliphatic carbocycles. The third-order valence-electron chi connectivity index (χ3n) is 4.21. The summed E-state index contributed by atoms with van der Waals surface area (Å²) in [7, 11) is 1.54. The van der Waals surface area contributed by atoms with E-state index >= 15 is 0 Å². The Morgan fingerprint density at radius 3 is 2.83 bits per heavy atom. The van der Waals surface area contributed by atoms with Gasteiger partial charge in [-0.2, -0.15) is 10.4 Å². The van der Waals surface area contributed by atoms with Gasteiger partial charge in [-0.15, -0.1) is 0 Å². The van der Waals surface area contributed by atoms with Crippen LogP contribution in [0.4, 0.5) is 5.69 Å². The molecule has 7 heteroatoms. The molecule has 1 aromatic carbocycles. The zero-order valence-corrected chi connectivity index (χ0v) is 14.1. The van der Waals surface area contributed by atoms with E-state index in [4.69, 9.17) is 11.6 Å². The molecule has 0 N–H and O–H groups in total. The first-order chi connectivity index (χ1) is 11.5. The minimum Gasteiger partial charge on any atom is -0.306 e. The van der Waals surface area contributed by atoms with Gasteiger partial charge in [0.25, 0.3) is 5.91 Å². The number of hydrogen-bond donors (Lipinski definition) is 0. The molecule has 0 atom stereocenters. The van der Waals surface area contributed by atoms with Crippen LogP contribution in [-0.2, 0) is 9.59 Å². The Labute approximate surface area is 145 Å². The van der Waals surface area contributed by atoms with Crippen molar-refractivity contribution in [1.29, 1.82) is 5.26 Å². The van der Waals surface area contributed by atoms with E-state index < -0.39 is 0 Å². The van der Waals surface area contributed by atoms with Crippen molar-refractivity contribution in [1.82, 2.24) is 5.01 Å². The predicted molar refractivity (Wildman–Crippen MR) is 90.7 cm³/mol. The second kappa shape index (κ2) is 6.62. The highest BCUT2D eigenvalue weighted by Gasteiger charge is 2.32. The highest BCUT2D eigenvalue weighted by Crippen LogP contribution is 2.34. The van der Waals surface area contributed by atoms with E-state index in [1.165, 1.54) is 5.01 Å². The average molecular weight is 345 g/mol. The summed E-state index contributed by atoms with van der Waals surface area (Å²) in [6, 6.07) is 7.00. The van der Waals surface area contributed by atoms with E-state index in [1.54, 1.807) is 30.1 Å². The maximum atomic E-state index is 13.0. The van der Waals surface area contributed by atoms with Gasteiger partial charge in [-0.05, 0) is 37.0 Å². The van der Waals surface area contributed by atoms with E-state index in [2.05, 4.69) is 11.2 Å². The van der Waals surface area contributed by atoms with Crippen molar-refractivity contribution in [2.75, 3.05) is 18.5 Å². The molecule has 1 fully saturated rings. The molecule has 0 spiro atoms. The molecule has 1 saturated carbocycles. The largest absolute Gasteiger partial charge is 0.306 e.